The van der Waals surface area contributed by atoms with E-state index in [4.69, 9.17) is 5.10 Å². The van der Waals surface area contributed by atoms with Crippen molar-refractivity contribution in [3.63, 3.8) is 0 Å². The van der Waals surface area contributed by atoms with Crippen LogP contribution in [0.25, 0.3) is 16.5 Å². The van der Waals surface area contributed by atoms with Gasteiger partial charge in [0.15, 0.2) is 0 Å². The summed E-state index contributed by atoms with van der Waals surface area (Å²) >= 11 is 0. The Morgan fingerprint density at radius 3 is 2.24 bits per heavy atom. The second kappa shape index (κ2) is 12.4. The van der Waals surface area contributed by atoms with Crippen molar-refractivity contribution in [1.82, 2.24) is 19.6 Å². The summed E-state index contributed by atoms with van der Waals surface area (Å²) in [5.74, 6) is 1.07. The average molecular weight is 556 g/mol. The van der Waals surface area contributed by atoms with Crippen LogP contribution in [0, 0.1) is 11.7 Å². The summed E-state index contributed by atoms with van der Waals surface area (Å²) in [5, 5.41) is 7.25. The molecule has 4 aromatic rings. The molecule has 0 radical (unpaired) electrons. The Balaban J connectivity index is 1.56. The molecule has 2 heterocycles. The molecule has 7 heteroatoms. The Morgan fingerprint density at radius 1 is 0.927 bits per heavy atom. The summed E-state index contributed by atoms with van der Waals surface area (Å²) in [5.41, 5.74) is 3.56. The number of rotatable bonds is 9. The summed E-state index contributed by atoms with van der Waals surface area (Å²) in [6.07, 6.45) is 0.738. The molecule has 6 nitrogen and oxygen atoms in total. The van der Waals surface area contributed by atoms with Gasteiger partial charge in [-0.2, -0.15) is 5.10 Å². The van der Waals surface area contributed by atoms with E-state index < -0.39 is 0 Å². The molecule has 5 rings (SSSR count). The second-order valence-corrected chi connectivity index (χ2v) is 11.7. The van der Waals surface area contributed by atoms with Crippen LogP contribution in [0.3, 0.4) is 0 Å². The number of hydrogen-bond donors (Lipinski definition) is 0. The minimum atomic E-state index is -0.270. The molecule has 1 fully saturated rings. The van der Waals surface area contributed by atoms with Gasteiger partial charge in [-0.1, -0.05) is 51.1 Å². The number of aryl methyl sites for hydroxylation is 1. The Kier molecular flexibility index (Phi) is 8.74. The molecule has 0 spiro atoms. The molecule has 0 bridgehead atoms. The topological polar surface area (TPSA) is 44.6 Å². The molecule has 216 valence electrons. The Morgan fingerprint density at radius 2 is 1.61 bits per heavy atom. The number of benzene rings is 3. The number of piperazine rings is 1. The highest BCUT2D eigenvalue weighted by atomic mass is 19.1. The first-order chi connectivity index (χ1) is 19.7. The van der Waals surface area contributed by atoms with Crippen LogP contribution in [0.15, 0.2) is 66.7 Å². The van der Waals surface area contributed by atoms with Gasteiger partial charge >= 0.3 is 0 Å². The lowest BCUT2D eigenvalue weighted by molar-refractivity contribution is 0.0722. The maximum Gasteiger partial charge on any atom is 0.254 e. The lowest BCUT2D eigenvalue weighted by Gasteiger charge is -2.38. The number of fused-ring (bicyclic) bond motifs is 1. The number of amides is 1. The van der Waals surface area contributed by atoms with Crippen molar-refractivity contribution < 1.29 is 9.18 Å². The third kappa shape index (κ3) is 6.30. The number of anilines is 1. The van der Waals surface area contributed by atoms with Crippen molar-refractivity contribution in [3.05, 3.63) is 89.4 Å². The molecule has 0 atom stereocenters. The van der Waals surface area contributed by atoms with Gasteiger partial charge in [0.05, 0.1) is 17.9 Å². The molecule has 1 aromatic heterocycles. The maximum absolute atomic E-state index is 14.1. The van der Waals surface area contributed by atoms with E-state index in [-0.39, 0.29) is 11.7 Å². The van der Waals surface area contributed by atoms with Crippen LogP contribution in [0.4, 0.5) is 10.2 Å². The van der Waals surface area contributed by atoms with Crippen LogP contribution in [-0.2, 0) is 13.0 Å². The Hall–Kier alpha value is -3.71. The zero-order chi connectivity index (χ0) is 29.1. The molecule has 1 aliphatic heterocycles. The van der Waals surface area contributed by atoms with E-state index in [9.17, 15) is 9.18 Å². The monoisotopic (exact) mass is 555 g/mol. The van der Waals surface area contributed by atoms with Crippen LogP contribution < -0.4 is 4.90 Å². The lowest BCUT2D eigenvalue weighted by Crippen LogP contribution is -2.49. The predicted octanol–water partition coefficient (Wildman–Crippen LogP) is 6.56. The number of aromatic nitrogens is 2. The van der Waals surface area contributed by atoms with Crippen LogP contribution in [0.2, 0.25) is 0 Å². The van der Waals surface area contributed by atoms with Gasteiger partial charge in [-0.25, -0.2) is 9.07 Å². The van der Waals surface area contributed by atoms with Crippen molar-refractivity contribution in [1.29, 1.82) is 0 Å². The minimum Gasteiger partial charge on any atom is -0.354 e. The Bertz CT molecular complexity index is 1490. The van der Waals surface area contributed by atoms with Gasteiger partial charge < -0.3 is 9.80 Å². The summed E-state index contributed by atoms with van der Waals surface area (Å²) in [6.45, 7) is 15.6. The number of carbonyl (C=O) groups excluding carboxylic acids is 1. The molecule has 41 heavy (non-hydrogen) atoms. The predicted molar refractivity (Wildman–Crippen MR) is 165 cm³/mol. The van der Waals surface area contributed by atoms with Crippen LogP contribution in [-0.4, -0.2) is 64.3 Å². The molecule has 0 unspecified atom stereocenters. The molecule has 1 aliphatic rings. The van der Waals surface area contributed by atoms with Crippen molar-refractivity contribution in [2.24, 2.45) is 5.92 Å². The zero-order valence-electron chi connectivity index (χ0n) is 25.0. The summed E-state index contributed by atoms with van der Waals surface area (Å²) in [6, 6.07) is 21.1. The van der Waals surface area contributed by atoms with Crippen LogP contribution in [0.5, 0.6) is 0 Å². The highest BCUT2D eigenvalue weighted by Crippen LogP contribution is 2.31. The van der Waals surface area contributed by atoms with Crippen LogP contribution in [0.1, 0.15) is 56.2 Å². The van der Waals surface area contributed by atoms with Crippen LogP contribution >= 0.6 is 0 Å². The number of carbonyl (C=O) groups is 1. The van der Waals surface area contributed by atoms with Gasteiger partial charge in [0.1, 0.15) is 11.6 Å². The quantitative estimate of drug-likeness (QED) is 0.235. The fourth-order valence-electron chi connectivity index (χ4n) is 5.82. The van der Waals surface area contributed by atoms with Crippen molar-refractivity contribution in [2.75, 3.05) is 37.6 Å². The SMILES string of the molecule is CCc1nn(-c2ccc(F)cc2)c(N2CCN(C(C)C)CC2)c1CN(CC(C)C)C(=O)c1ccc2ccccc2c1. The standard InChI is InChI=1S/C34H42FN5O/c1-6-32-31(23-39(22-24(2)3)34(41)28-12-11-26-9-7-8-10-27(26)21-28)33(38-19-17-37(18-20-38)25(4)5)40(36-32)30-15-13-29(35)14-16-30/h7-16,21,24-25H,6,17-20,22-23H2,1-5H3. The van der Waals surface area contributed by atoms with E-state index in [2.05, 4.69) is 56.6 Å². The highest BCUT2D eigenvalue weighted by Gasteiger charge is 2.29. The van der Waals surface area contributed by atoms with Gasteiger partial charge in [-0.05, 0) is 73.4 Å². The Labute approximate surface area is 243 Å². The molecule has 0 saturated carbocycles. The van der Waals surface area contributed by atoms with E-state index in [1.807, 2.05) is 39.9 Å². The van der Waals surface area contributed by atoms with Gasteiger partial charge in [-0.15, -0.1) is 0 Å². The fraction of sp³-hybridized carbons (Fsp3) is 0.412. The van der Waals surface area contributed by atoms with Crippen molar-refractivity contribution in [2.45, 2.75) is 53.6 Å². The summed E-state index contributed by atoms with van der Waals surface area (Å²) in [7, 11) is 0. The lowest BCUT2D eigenvalue weighted by atomic mass is 10.0. The molecule has 0 N–H and O–H groups in total. The maximum atomic E-state index is 14.1. The molecule has 3 aromatic carbocycles. The fourth-order valence-corrected chi connectivity index (χ4v) is 5.82. The molecular weight excluding hydrogens is 513 g/mol. The highest BCUT2D eigenvalue weighted by molar-refractivity contribution is 5.98. The van der Waals surface area contributed by atoms with Gasteiger partial charge in [0, 0.05) is 49.9 Å². The first kappa shape index (κ1) is 28.8. The van der Waals surface area contributed by atoms with Crippen molar-refractivity contribution >= 4 is 22.5 Å². The van der Waals surface area contributed by atoms with E-state index in [1.54, 1.807) is 12.1 Å². The van der Waals surface area contributed by atoms with Crippen molar-refractivity contribution in [3.8, 4) is 5.69 Å². The number of nitrogens with zero attached hydrogens (tertiary/aromatic N) is 5. The summed E-state index contributed by atoms with van der Waals surface area (Å²) in [4.78, 5) is 21.0. The third-order valence-electron chi connectivity index (χ3n) is 8.01. The van der Waals surface area contributed by atoms with Gasteiger partial charge in [0.25, 0.3) is 5.91 Å². The molecule has 0 aliphatic carbocycles. The van der Waals surface area contributed by atoms with Gasteiger partial charge in [0.2, 0.25) is 0 Å². The zero-order valence-corrected chi connectivity index (χ0v) is 25.0. The van der Waals surface area contributed by atoms with E-state index in [1.165, 1.54) is 12.1 Å². The second-order valence-electron chi connectivity index (χ2n) is 11.7. The van der Waals surface area contributed by atoms with E-state index in [0.717, 1.165) is 66.1 Å². The third-order valence-corrected chi connectivity index (χ3v) is 8.01. The molecular formula is C34H42FN5O. The van der Waals surface area contributed by atoms with E-state index in [0.29, 0.717) is 30.6 Å². The molecule has 1 saturated heterocycles. The number of halogens is 1. The smallest absolute Gasteiger partial charge is 0.254 e. The van der Waals surface area contributed by atoms with Gasteiger partial charge in [-0.3, -0.25) is 9.69 Å². The summed E-state index contributed by atoms with van der Waals surface area (Å²) < 4.78 is 15.8. The number of hydrogen-bond acceptors (Lipinski definition) is 4. The first-order valence-corrected chi connectivity index (χ1v) is 14.9. The largest absolute Gasteiger partial charge is 0.354 e. The normalized spacial score (nSPS) is 14.4. The first-order valence-electron chi connectivity index (χ1n) is 14.9. The molecule has 1 amide bonds. The van der Waals surface area contributed by atoms with E-state index >= 15 is 0 Å². The minimum absolute atomic E-state index is 0.0246. The average Bonchev–Trinajstić information content (AvgIpc) is 3.34.